The van der Waals surface area contributed by atoms with Gasteiger partial charge in [0.05, 0.1) is 12.2 Å². The number of esters is 1. The van der Waals surface area contributed by atoms with Gasteiger partial charge in [-0.2, -0.15) is 5.26 Å². The molecule has 1 N–H and O–H groups in total. The summed E-state index contributed by atoms with van der Waals surface area (Å²) < 4.78 is 7.09. The van der Waals surface area contributed by atoms with Gasteiger partial charge in [-0.05, 0) is 55.8 Å². The second-order valence-corrected chi connectivity index (χ2v) is 8.14. The molecule has 4 rings (SSSR count). The average molecular weight is 464 g/mol. The molecule has 0 atom stereocenters. The van der Waals surface area contributed by atoms with E-state index in [1.807, 2.05) is 42.6 Å². The van der Waals surface area contributed by atoms with E-state index < -0.39 is 11.9 Å². The van der Waals surface area contributed by atoms with E-state index in [4.69, 9.17) is 4.74 Å². The molecule has 1 amide bonds. The van der Waals surface area contributed by atoms with Crippen molar-refractivity contribution in [2.45, 2.75) is 20.4 Å². The van der Waals surface area contributed by atoms with Crippen LogP contribution in [0.15, 0.2) is 84.6 Å². The lowest BCUT2D eigenvalue weighted by molar-refractivity contribution is -0.112. The number of nitrogens with one attached hydrogen (secondary N) is 1. The minimum atomic E-state index is -0.521. The van der Waals surface area contributed by atoms with Crippen LogP contribution in [0.3, 0.4) is 0 Å². The van der Waals surface area contributed by atoms with Crippen LogP contribution in [0.2, 0.25) is 0 Å². The first-order valence-electron chi connectivity index (χ1n) is 11.3. The fourth-order valence-electron chi connectivity index (χ4n) is 3.93. The standard InChI is InChI=1S/C29H25N3O3/c1-3-35-29(34)22-11-13-25(14-12-22)31-28(33)23(17-30)16-24-19-32(27-10-5-4-9-26(24)27)18-21-8-6-7-20(2)15-21/h4-16,19H,3,18H2,1-2H3,(H,31,33)/b23-16+. The van der Waals surface area contributed by atoms with Crippen molar-refractivity contribution in [3.05, 3.63) is 107 Å². The molecule has 3 aromatic carbocycles. The molecule has 6 heteroatoms. The minimum Gasteiger partial charge on any atom is -0.462 e. The number of para-hydroxylation sites is 1. The molecule has 0 saturated heterocycles. The molecule has 174 valence electrons. The number of aromatic nitrogens is 1. The molecule has 0 aliphatic rings. The summed E-state index contributed by atoms with van der Waals surface area (Å²) in [6.45, 7) is 4.77. The Morgan fingerprint density at radius 3 is 2.54 bits per heavy atom. The number of nitrogens with zero attached hydrogens (tertiary/aromatic N) is 2. The number of ether oxygens (including phenoxy) is 1. The first-order chi connectivity index (χ1) is 17.0. The lowest BCUT2D eigenvalue weighted by Gasteiger charge is -2.06. The van der Waals surface area contributed by atoms with E-state index in [0.717, 1.165) is 16.5 Å². The van der Waals surface area contributed by atoms with Crippen LogP contribution in [-0.4, -0.2) is 23.1 Å². The van der Waals surface area contributed by atoms with Crippen molar-refractivity contribution in [3.63, 3.8) is 0 Å². The largest absolute Gasteiger partial charge is 0.462 e. The van der Waals surface area contributed by atoms with Crippen molar-refractivity contribution in [1.29, 1.82) is 5.26 Å². The molecule has 0 fully saturated rings. The summed E-state index contributed by atoms with van der Waals surface area (Å²) in [5.41, 5.74) is 5.03. The molecule has 0 unspecified atom stereocenters. The Labute approximate surface area is 204 Å². The zero-order chi connectivity index (χ0) is 24.8. The maximum Gasteiger partial charge on any atom is 0.338 e. The summed E-state index contributed by atoms with van der Waals surface area (Å²) in [5.74, 6) is -0.947. The van der Waals surface area contributed by atoms with Crippen molar-refractivity contribution >= 4 is 34.5 Å². The Bertz CT molecular complexity index is 1460. The van der Waals surface area contributed by atoms with Gasteiger partial charge in [0.1, 0.15) is 11.6 Å². The number of hydrogen-bond acceptors (Lipinski definition) is 4. The number of fused-ring (bicyclic) bond motifs is 1. The predicted octanol–water partition coefficient (Wildman–Crippen LogP) is 5.72. The van der Waals surface area contributed by atoms with Gasteiger partial charge in [-0.25, -0.2) is 4.79 Å². The average Bonchev–Trinajstić information content (AvgIpc) is 3.20. The van der Waals surface area contributed by atoms with Crippen LogP contribution < -0.4 is 5.32 Å². The van der Waals surface area contributed by atoms with E-state index >= 15 is 0 Å². The number of carbonyl (C=O) groups is 2. The fourth-order valence-corrected chi connectivity index (χ4v) is 3.93. The molecule has 1 heterocycles. The first kappa shape index (κ1) is 23.5. The number of hydrogen-bond donors (Lipinski definition) is 1. The van der Waals surface area contributed by atoms with E-state index in [1.54, 1.807) is 37.3 Å². The van der Waals surface area contributed by atoms with Gasteiger partial charge in [0.25, 0.3) is 5.91 Å². The van der Waals surface area contributed by atoms with Crippen LogP contribution >= 0.6 is 0 Å². The van der Waals surface area contributed by atoms with Gasteiger partial charge in [-0.3, -0.25) is 4.79 Å². The monoisotopic (exact) mass is 463 g/mol. The highest BCUT2D eigenvalue weighted by molar-refractivity contribution is 6.11. The van der Waals surface area contributed by atoms with Crippen molar-refractivity contribution in [3.8, 4) is 6.07 Å². The highest BCUT2D eigenvalue weighted by Crippen LogP contribution is 2.25. The highest BCUT2D eigenvalue weighted by Gasteiger charge is 2.14. The minimum absolute atomic E-state index is 0.0158. The van der Waals surface area contributed by atoms with Crippen LogP contribution in [0.25, 0.3) is 17.0 Å². The first-order valence-corrected chi connectivity index (χ1v) is 11.3. The zero-order valence-electron chi connectivity index (χ0n) is 19.6. The predicted molar refractivity (Wildman–Crippen MR) is 137 cm³/mol. The van der Waals surface area contributed by atoms with Crippen LogP contribution in [0.1, 0.15) is 34.0 Å². The summed E-state index contributed by atoms with van der Waals surface area (Å²) in [6, 6.07) is 24.6. The molecule has 35 heavy (non-hydrogen) atoms. The molecule has 0 saturated carbocycles. The van der Waals surface area contributed by atoms with Crippen molar-refractivity contribution in [2.24, 2.45) is 0 Å². The van der Waals surface area contributed by atoms with Crippen LogP contribution in [0, 0.1) is 18.3 Å². The molecule has 0 aliphatic carbocycles. The normalized spacial score (nSPS) is 11.2. The Kier molecular flexibility index (Phi) is 7.08. The lowest BCUT2D eigenvalue weighted by Crippen LogP contribution is -2.13. The number of rotatable bonds is 7. The summed E-state index contributed by atoms with van der Waals surface area (Å²) in [7, 11) is 0. The maximum absolute atomic E-state index is 12.8. The summed E-state index contributed by atoms with van der Waals surface area (Å²) >= 11 is 0. The van der Waals surface area contributed by atoms with Gasteiger partial charge in [0.2, 0.25) is 0 Å². The molecule has 6 nitrogen and oxygen atoms in total. The summed E-state index contributed by atoms with van der Waals surface area (Å²) in [6.07, 6.45) is 3.57. The third-order valence-corrected chi connectivity index (χ3v) is 5.57. The lowest BCUT2D eigenvalue weighted by atomic mass is 10.1. The maximum atomic E-state index is 12.8. The van der Waals surface area contributed by atoms with E-state index in [-0.39, 0.29) is 12.2 Å². The molecule has 0 spiro atoms. The third-order valence-electron chi connectivity index (χ3n) is 5.57. The van der Waals surface area contributed by atoms with E-state index in [9.17, 15) is 14.9 Å². The second-order valence-electron chi connectivity index (χ2n) is 8.14. The van der Waals surface area contributed by atoms with Gasteiger partial charge in [-0.1, -0.05) is 48.0 Å². The Morgan fingerprint density at radius 2 is 1.83 bits per heavy atom. The van der Waals surface area contributed by atoms with E-state index in [1.165, 1.54) is 11.1 Å². The number of anilines is 1. The van der Waals surface area contributed by atoms with Gasteiger partial charge < -0.3 is 14.6 Å². The quantitative estimate of drug-likeness (QED) is 0.216. The topological polar surface area (TPSA) is 84.1 Å². The fraction of sp³-hybridized carbons (Fsp3) is 0.138. The van der Waals surface area contributed by atoms with Crippen LogP contribution in [-0.2, 0) is 16.1 Å². The number of amides is 1. The smallest absolute Gasteiger partial charge is 0.338 e. The van der Waals surface area contributed by atoms with E-state index in [2.05, 4.69) is 35.0 Å². The van der Waals surface area contributed by atoms with Gasteiger partial charge in [0.15, 0.2) is 0 Å². The Hall–Kier alpha value is -4.63. The molecule has 0 radical (unpaired) electrons. The number of benzene rings is 3. The van der Waals surface area contributed by atoms with Gasteiger partial charge in [-0.15, -0.1) is 0 Å². The van der Waals surface area contributed by atoms with Crippen LogP contribution in [0.5, 0.6) is 0 Å². The molecular weight excluding hydrogens is 438 g/mol. The van der Waals surface area contributed by atoms with Crippen LogP contribution in [0.4, 0.5) is 5.69 Å². The molecule has 0 aliphatic heterocycles. The Morgan fingerprint density at radius 1 is 1.06 bits per heavy atom. The van der Waals surface area contributed by atoms with Crippen molar-refractivity contribution < 1.29 is 14.3 Å². The number of aryl methyl sites for hydroxylation is 1. The molecule has 4 aromatic rings. The van der Waals surface area contributed by atoms with E-state index in [0.29, 0.717) is 17.8 Å². The molecule has 1 aromatic heterocycles. The summed E-state index contributed by atoms with van der Waals surface area (Å²) in [5, 5.41) is 13.4. The van der Waals surface area contributed by atoms with Crippen molar-refractivity contribution in [2.75, 3.05) is 11.9 Å². The zero-order valence-corrected chi connectivity index (χ0v) is 19.6. The third kappa shape index (κ3) is 5.48. The van der Waals surface area contributed by atoms with Crippen molar-refractivity contribution in [1.82, 2.24) is 4.57 Å². The van der Waals surface area contributed by atoms with Gasteiger partial charge >= 0.3 is 5.97 Å². The van der Waals surface area contributed by atoms with Gasteiger partial charge in [0, 0.05) is 34.9 Å². The SMILES string of the molecule is CCOC(=O)c1ccc(NC(=O)/C(C#N)=C/c2cn(Cc3cccc(C)c3)c3ccccc23)cc1. The molecule has 0 bridgehead atoms. The second kappa shape index (κ2) is 10.5. The Balaban J connectivity index is 1.59. The number of carbonyl (C=O) groups excluding carboxylic acids is 2. The number of nitriles is 1. The molecular formula is C29H25N3O3. The summed E-state index contributed by atoms with van der Waals surface area (Å²) in [4.78, 5) is 24.7. The highest BCUT2D eigenvalue weighted by atomic mass is 16.5.